The fraction of sp³-hybridized carbons (Fsp3) is 0.375. The molecule has 0 aromatic heterocycles. The molecular formula is C24H24ClIN2O3. The Kier molecular flexibility index (Phi) is 5.67. The van der Waals surface area contributed by atoms with Crippen molar-refractivity contribution >= 4 is 57.5 Å². The van der Waals surface area contributed by atoms with E-state index < -0.39 is 11.4 Å². The van der Waals surface area contributed by atoms with Crippen LogP contribution in [0.1, 0.15) is 50.4 Å². The maximum Gasteiger partial charge on any atom is 0.365 e. The molecule has 2 aromatic carbocycles. The van der Waals surface area contributed by atoms with Crippen molar-refractivity contribution < 1.29 is 14.4 Å². The fourth-order valence-electron chi connectivity index (χ4n) is 5.04. The highest BCUT2D eigenvalue weighted by molar-refractivity contribution is 14.1. The molecule has 5 nitrogen and oxygen atoms in total. The van der Waals surface area contributed by atoms with Crippen molar-refractivity contribution in [2.24, 2.45) is 21.4 Å². The van der Waals surface area contributed by atoms with Gasteiger partial charge in [0.1, 0.15) is 0 Å². The zero-order valence-electron chi connectivity index (χ0n) is 17.7. The molecule has 2 atom stereocenters. The van der Waals surface area contributed by atoms with Crippen LogP contribution in [0.3, 0.4) is 0 Å². The molecule has 1 N–H and O–H groups in total. The number of anilines is 1. The molecule has 1 amide bonds. The van der Waals surface area contributed by atoms with E-state index in [1.54, 1.807) is 24.3 Å². The number of carbonyl (C=O) groups excluding carboxylic acids is 2. The van der Waals surface area contributed by atoms with Gasteiger partial charge in [-0.25, -0.2) is 4.79 Å². The van der Waals surface area contributed by atoms with Crippen LogP contribution in [0.5, 0.6) is 0 Å². The Morgan fingerprint density at radius 3 is 2.32 bits per heavy atom. The summed E-state index contributed by atoms with van der Waals surface area (Å²) in [6, 6.07) is 14.2. The molecule has 0 saturated heterocycles. The Labute approximate surface area is 200 Å². The van der Waals surface area contributed by atoms with Gasteiger partial charge in [0, 0.05) is 26.1 Å². The summed E-state index contributed by atoms with van der Waals surface area (Å²) >= 11 is 8.12. The summed E-state index contributed by atoms with van der Waals surface area (Å²) in [5.74, 6) is -0.539. The Bertz CT molecular complexity index is 1070. The molecule has 0 spiro atoms. The fourth-order valence-corrected chi connectivity index (χ4v) is 5.53. The summed E-state index contributed by atoms with van der Waals surface area (Å²) in [6.45, 7) is 6.36. The van der Waals surface area contributed by atoms with Gasteiger partial charge in [-0.05, 0) is 89.4 Å². The average molecular weight is 551 g/mol. The summed E-state index contributed by atoms with van der Waals surface area (Å²) in [5.41, 5.74) is 0.672. The first-order valence-corrected chi connectivity index (χ1v) is 11.7. The van der Waals surface area contributed by atoms with E-state index in [0.717, 1.165) is 27.8 Å². The normalized spacial score (nSPS) is 27.3. The van der Waals surface area contributed by atoms with Crippen LogP contribution in [0.15, 0.2) is 53.7 Å². The van der Waals surface area contributed by atoms with Gasteiger partial charge in [0.15, 0.2) is 0 Å². The van der Waals surface area contributed by atoms with Gasteiger partial charge in [-0.3, -0.25) is 4.79 Å². The van der Waals surface area contributed by atoms with Gasteiger partial charge in [0.2, 0.25) is 5.91 Å². The highest BCUT2D eigenvalue weighted by Gasteiger charge is 2.71. The van der Waals surface area contributed by atoms with Crippen molar-refractivity contribution in [3.8, 4) is 0 Å². The van der Waals surface area contributed by atoms with E-state index in [0.29, 0.717) is 17.0 Å². The van der Waals surface area contributed by atoms with E-state index >= 15 is 0 Å². The minimum Gasteiger partial charge on any atom is -0.326 e. The van der Waals surface area contributed by atoms with Crippen LogP contribution in [0, 0.1) is 19.8 Å². The Morgan fingerprint density at radius 1 is 1.03 bits per heavy atom. The van der Waals surface area contributed by atoms with Crippen LogP contribution >= 0.6 is 34.2 Å². The van der Waals surface area contributed by atoms with E-state index in [-0.39, 0.29) is 16.7 Å². The second-order valence-corrected chi connectivity index (χ2v) is 10.8. The first-order valence-electron chi connectivity index (χ1n) is 10.2. The first kappa shape index (κ1) is 22.3. The van der Waals surface area contributed by atoms with Crippen LogP contribution in [0.25, 0.3) is 0 Å². The number of hydrogen-bond donors (Lipinski definition) is 1. The summed E-state index contributed by atoms with van der Waals surface area (Å²) < 4.78 is 1.11. The minimum absolute atomic E-state index is 0.00309. The number of rotatable bonds is 4. The first-order chi connectivity index (χ1) is 14.6. The van der Waals surface area contributed by atoms with E-state index in [1.165, 1.54) is 0 Å². The predicted octanol–water partition coefficient (Wildman–Crippen LogP) is 6.31. The van der Waals surface area contributed by atoms with E-state index in [9.17, 15) is 9.59 Å². The third-order valence-electron chi connectivity index (χ3n) is 7.59. The number of halogens is 2. The highest BCUT2D eigenvalue weighted by Crippen LogP contribution is 2.71. The molecule has 162 valence electrons. The molecule has 2 aliphatic rings. The molecule has 2 fully saturated rings. The maximum absolute atomic E-state index is 13.5. The zero-order chi connectivity index (χ0) is 22.4. The Morgan fingerprint density at radius 2 is 1.68 bits per heavy atom. The third-order valence-corrected chi connectivity index (χ3v) is 8.56. The van der Waals surface area contributed by atoms with Gasteiger partial charge < -0.3 is 10.2 Å². The Hall–Kier alpha value is -1.93. The zero-order valence-corrected chi connectivity index (χ0v) is 20.6. The van der Waals surface area contributed by atoms with Crippen LogP contribution in [0.2, 0.25) is 5.02 Å². The molecule has 2 aromatic rings. The van der Waals surface area contributed by atoms with Gasteiger partial charge in [0.05, 0.1) is 16.7 Å². The quantitative estimate of drug-likeness (QED) is 0.275. The lowest BCUT2D eigenvalue weighted by molar-refractivity contribution is -0.130. The van der Waals surface area contributed by atoms with E-state index in [2.05, 4.69) is 53.8 Å². The van der Waals surface area contributed by atoms with Crippen molar-refractivity contribution in [1.82, 2.24) is 0 Å². The number of nitrogens with zero attached hydrogens (tertiary/aromatic N) is 1. The number of amides is 1. The number of fused-ring (bicyclic) bond motifs is 2. The summed E-state index contributed by atoms with van der Waals surface area (Å²) in [4.78, 5) is 31.2. The lowest BCUT2D eigenvalue weighted by atomic mass is 9.64. The molecule has 4 rings (SSSR count). The number of hydrogen-bond acceptors (Lipinski definition) is 4. The van der Waals surface area contributed by atoms with E-state index in [1.807, 2.05) is 24.3 Å². The van der Waals surface area contributed by atoms with Crippen molar-refractivity contribution in [2.75, 3.05) is 5.32 Å². The predicted molar refractivity (Wildman–Crippen MR) is 130 cm³/mol. The van der Waals surface area contributed by atoms with Gasteiger partial charge in [-0.15, -0.1) is 0 Å². The lowest BCUT2D eigenvalue weighted by Gasteiger charge is -2.39. The monoisotopic (exact) mass is 550 g/mol. The molecule has 2 unspecified atom stereocenters. The summed E-state index contributed by atoms with van der Waals surface area (Å²) in [7, 11) is 0. The second kappa shape index (κ2) is 7.89. The smallest absolute Gasteiger partial charge is 0.326 e. The summed E-state index contributed by atoms with van der Waals surface area (Å²) in [5, 5.41) is 7.92. The van der Waals surface area contributed by atoms with E-state index in [4.69, 9.17) is 16.4 Å². The van der Waals surface area contributed by atoms with Crippen LogP contribution in [-0.2, 0) is 9.63 Å². The molecule has 0 aliphatic heterocycles. The summed E-state index contributed by atoms with van der Waals surface area (Å²) in [6.07, 6.45) is 2.06. The standard InChI is InChI=1S/C24H24ClIN2O3/c1-22(2)23(3)12-13-24(22,21(30)27-18-10-8-17(26)9-11-18)14-19(23)28-31-20(29)15-4-6-16(25)7-5-15/h4-11H,12-14H2,1-3H3,(H,27,30)/b28-19+. The molecule has 2 saturated carbocycles. The van der Waals surface area contributed by atoms with Gasteiger partial charge >= 0.3 is 5.97 Å². The minimum atomic E-state index is -0.601. The van der Waals surface area contributed by atoms with Crippen molar-refractivity contribution in [1.29, 1.82) is 0 Å². The molecular weight excluding hydrogens is 527 g/mol. The number of oxime groups is 1. The van der Waals surface area contributed by atoms with Gasteiger partial charge in [-0.1, -0.05) is 37.5 Å². The molecule has 31 heavy (non-hydrogen) atoms. The highest BCUT2D eigenvalue weighted by atomic mass is 127. The number of benzene rings is 2. The number of carbonyl (C=O) groups is 2. The van der Waals surface area contributed by atoms with Crippen molar-refractivity contribution in [2.45, 2.75) is 40.0 Å². The SMILES string of the molecule is CC12CCC(C(=O)Nc3ccc(I)cc3)(C/C1=N\OC(=O)c1ccc(Cl)cc1)C2(C)C. The van der Waals surface area contributed by atoms with Crippen molar-refractivity contribution in [3.63, 3.8) is 0 Å². The van der Waals surface area contributed by atoms with Crippen LogP contribution in [-0.4, -0.2) is 17.6 Å². The molecule has 2 bridgehead atoms. The van der Waals surface area contributed by atoms with Gasteiger partial charge in [0.25, 0.3) is 0 Å². The molecule has 0 radical (unpaired) electrons. The lowest BCUT2D eigenvalue weighted by Crippen LogP contribution is -2.43. The molecule has 7 heteroatoms. The number of nitrogens with one attached hydrogen (secondary N) is 1. The maximum atomic E-state index is 13.5. The largest absolute Gasteiger partial charge is 0.365 e. The van der Waals surface area contributed by atoms with Crippen molar-refractivity contribution in [3.05, 3.63) is 62.7 Å². The third kappa shape index (κ3) is 3.57. The van der Waals surface area contributed by atoms with Crippen LogP contribution < -0.4 is 5.32 Å². The second-order valence-electron chi connectivity index (χ2n) is 9.10. The topological polar surface area (TPSA) is 67.8 Å². The average Bonchev–Trinajstić information content (AvgIpc) is 3.05. The van der Waals surface area contributed by atoms with Crippen LogP contribution in [0.4, 0.5) is 5.69 Å². The Balaban J connectivity index is 1.57. The van der Waals surface area contributed by atoms with Gasteiger partial charge in [-0.2, -0.15) is 0 Å². The molecule has 0 heterocycles. The molecule has 2 aliphatic carbocycles.